The van der Waals surface area contributed by atoms with E-state index in [2.05, 4.69) is 0 Å². The molecule has 3 aromatic rings. The summed E-state index contributed by atoms with van der Waals surface area (Å²) in [6, 6.07) is 18.2. The predicted octanol–water partition coefficient (Wildman–Crippen LogP) is 6.23. The van der Waals surface area contributed by atoms with Crippen molar-refractivity contribution in [1.29, 1.82) is 52.6 Å². The van der Waals surface area contributed by atoms with E-state index in [9.17, 15) is 61.4 Å². The van der Waals surface area contributed by atoms with E-state index in [0.717, 1.165) is 0 Å². The molecule has 0 heterocycles. The van der Waals surface area contributed by atoms with Crippen LogP contribution >= 0.6 is 0 Å². The highest BCUT2D eigenvalue weighted by Crippen LogP contribution is 2.58. The van der Waals surface area contributed by atoms with Crippen molar-refractivity contribution < 1.29 is 17.6 Å². The van der Waals surface area contributed by atoms with Gasteiger partial charge in [0.15, 0.2) is 0 Å². The molecule has 0 N–H and O–H groups in total. The largest absolute Gasteiger partial charge is 0.206 e. The van der Waals surface area contributed by atoms with Crippen LogP contribution in [0.5, 0.6) is 0 Å². The van der Waals surface area contributed by atoms with Crippen molar-refractivity contribution in [3.8, 4) is 60.7 Å². The topological polar surface area (TPSA) is 238 Å². The minimum Gasteiger partial charge on any atom is -0.206 e. The molecule has 0 fully saturated rings. The van der Waals surface area contributed by atoms with Gasteiger partial charge < -0.3 is 0 Å². The molecule has 0 bridgehead atoms. The van der Waals surface area contributed by atoms with Crippen LogP contribution in [0.3, 0.4) is 0 Å². The zero-order chi connectivity index (χ0) is 36.6. The first-order valence-electron chi connectivity index (χ1n) is 13.3. The van der Waals surface area contributed by atoms with Crippen LogP contribution in [0.2, 0.25) is 0 Å². The molecule has 0 atom stereocenters. The number of hydrogen-bond acceptors (Lipinski definition) is 10. The maximum atomic E-state index is 15.5. The summed E-state index contributed by atoms with van der Waals surface area (Å²) in [7, 11) is 0. The van der Waals surface area contributed by atoms with Crippen molar-refractivity contribution in [2.24, 2.45) is 0 Å². The van der Waals surface area contributed by atoms with E-state index in [-0.39, 0.29) is 0 Å². The molecule has 14 heteroatoms. The summed E-state index contributed by atoms with van der Waals surface area (Å²) in [5.74, 6) is -5.37. The summed E-state index contributed by atoms with van der Waals surface area (Å²) in [6.07, 6.45) is 0. The van der Waals surface area contributed by atoms with Crippen LogP contribution in [-0.4, -0.2) is 0 Å². The highest BCUT2D eigenvalue weighted by atomic mass is 19.1. The maximum Gasteiger partial charge on any atom is 0.143 e. The van der Waals surface area contributed by atoms with Crippen molar-refractivity contribution >= 4 is 33.4 Å². The van der Waals surface area contributed by atoms with E-state index in [1.54, 1.807) is 48.6 Å². The van der Waals surface area contributed by atoms with Crippen LogP contribution in [0.4, 0.5) is 17.6 Å². The van der Waals surface area contributed by atoms with Gasteiger partial charge in [-0.3, -0.25) is 0 Å². The fourth-order valence-electron chi connectivity index (χ4n) is 5.91. The average molecular weight is 652 g/mol. The fourth-order valence-corrected chi connectivity index (χ4v) is 5.91. The summed E-state index contributed by atoms with van der Waals surface area (Å²) >= 11 is 0. The molecule has 10 nitrogen and oxygen atoms in total. The number of fused-ring (bicyclic) bond motifs is 2. The molecule has 0 aliphatic heterocycles. The van der Waals surface area contributed by atoms with Gasteiger partial charge in [-0.2, -0.15) is 52.6 Å². The SMILES string of the molecule is N#CC(C#N)=C1C(c2cc(C#N)c(F)cc2F)=C(C#N)c2c(C#N)c3c(c(C#N)c21)C(=C(C#N)C#N)C(c1cc(C#N)c(F)cc1F)=C3C#N. The third kappa shape index (κ3) is 4.32. The van der Waals surface area contributed by atoms with Gasteiger partial charge in [0.1, 0.15) is 95.1 Å². The first-order valence-corrected chi connectivity index (χ1v) is 13.3. The van der Waals surface area contributed by atoms with Gasteiger partial charge in [-0.05, 0) is 12.1 Å². The summed E-state index contributed by atoms with van der Waals surface area (Å²) in [5, 5.41) is 101. The van der Waals surface area contributed by atoms with Gasteiger partial charge in [0, 0.05) is 67.8 Å². The smallest absolute Gasteiger partial charge is 0.143 e. The standard InChI is InChI=1S/C36H4F4N10/c37-25-3-27(39)19(1-15(25)5-41)31-21(11-47)33-23(13-49)34-22(12-48)32(20-2-16(6-42)26(38)4-28(20)40)30(18(9-45)10-46)36(34)24(14-50)35(33)29(31)17(7-43)8-44/h1-4H. The average Bonchev–Trinajstić information content (AvgIpc) is 3.62. The highest BCUT2D eigenvalue weighted by Gasteiger charge is 2.44. The van der Waals surface area contributed by atoms with Crippen LogP contribution in [0.1, 0.15) is 55.6 Å². The molecule has 3 aromatic carbocycles. The molecule has 0 amide bonds. The highest BCUT2D eigenvalue weighted by molar-refractivity contribution is 6.32. The molecular weight excluding hydrogens is 648 g/mol. The summed E-state index contributed by atoms with van der Waals surface area (Å²) in [4.78, 5) is 0. The van der Waals surface area contributed by atoms with E-state index in [1.807, 2.05) is 0 Å². The molecule has 0 aromatic heterocycles. The molecule has 50 heavy (non-hydrogen) atoms. The van der Waals surface area contributed by atoms with Crippen molar-refractivity contribution in [1.82, 2.24) is 0 Å². The molecule has 2 aliphatic rings. The molecule has 0 unspecified atom stereocenters. The third-order valence-electron chi connectivity index (χ3n) is 7.79. The third-order valence-corrected chi connectivity index (χ3v) is 7.79. The van der Waals surface area contributed by atoms with Gasteiger partial charge in [-0.15, -0.1) is 0 Å². The monoisotopic (exact) mass is 652 g/mol. The minimum absolute atomic E-state index is 0.299. The van der Waals surface area contributed by atoms with Gasteiger partial charge in [0.2, 0.25) is 0 Å². The Kier molecular flexibility index (Phi) is 7.97. The van der Waals surface area contributed by atoms with Gasteiger partial charge in [0.05, 0.1) is 33.4 Å². The quantitative estimate of drug-likeness (QED) is 0.223. The van der Waals surface area contributed by atoms with E-state index in [4.69, 9.17) is 0 Å². The molecule has 2 aliphatic carbocycles. The van der Waals surface area contributed by atoms with Crippen molar-refractivity contribution in [2.45, 2.75) is 0 Å². The van der Waals surface area contributed by atoms with E-state index in [0.29, 0.717) is 24.3 Å². The number of benzene rings is 3. The second kappa shape index (κ2) is 12.2. The van der Waals surface area contributed by atoms with Crippen LogP contribution in [-0.2, 0) is 0 Å². The number of allylic oxidation sites excluding steroid dienone is 8. The number of nitriles is 10. The Bertz CT molecular complexity index is 2590. The second-order valence-corrected chi connectivity index (χ2v) is 9.99. The molecule has 0 saturated heterocycles. The summed E-state index contributed by atoms with van der Waals surface area (Å²) in [5.41, 5.74) is -11.9. The van der Waals surface area contributed by atoms with E-state index in [1.165, 1.54) is 12.1 Å². The Labute approximate surface area is 278 Å². The molecule has 0 saturated carbocycles. The number of hydrogen-bond donors (Lipinski definition) is 0. The van der Waals surface area contributed by atoms with Crippen LogP contribution in [0.15, 0.2) is 35.4 Å². The lowest BCUT2D eigenvalue weighted by molar-refractivity contribution is 0.578. The first kappa shape index (κ1) is 32.6. The first-order chi connectivity index (χ1) is 24.1. The minimum atomic E-state index is -1.38. The Hall–Kier alpha value is -8.76. The number of nitrogens with zero attached hydrogens (tertiary/aromatic N) is 10. The van der Waals surface area contributed by atoms with Crippen molar-refractivity contribution in [3.05, 3.63) is 114 Å². The van der Waals surface area contributed by atoms with Gasteiger partial charge in [-0.25, -0.2) is 17.6 Å². The number of rotatable bonds is 2. The molecule has 226 valence electrons. The van der Waals surface area contributed by atoms with Crippen LogP contribution in [0, 0.1) is 137 Å². The summed E-state index contributed by atoms with van der Waals surface area (Å²) in [6.45, 7) is 0. The predicted molar refractivity (Wildman–Crippen MR) is 159 cm³/mol. The fraction of sp³-hybridized carbons (Fsp3) is 0. The van der Waals surface area contributed by atoms with Gasteiger partial charge >= 0.3 is 0 Å². The zero-order valence-electron chi connectivity index (χ0n) is 24.3. The van der Waals surface area contributed by atoms with E-state index >= 15 is 8.78 Å². The normalized spacial score (nSPS) is 12.0. The van der Waals surface area contributed by atoms with E-state index < -0.39 is 123 Å². The van der Waals surface area contributed by atoms with Crippen LogP contribution in [0.25, 0.3) is 33.4 Å². The molecular formula is C36H4F4N10. The molecule has 5 rings (SSSR count). The molecule has 0 spiro atoms. The van der Waals surface area contributed by atoms with Gasteiger partial charge in [0.25, 0.3) is 0 Å². The summed E-state index contributed by atoms with van der Waals surface area (Å²) < 4.78 is 59.8. The molecule has 0 radical (unpaired) electrons. The second-order valence-electron chi connectivity index (χ2n) is 9.99. The Morgan fingerprint density at radius 2 is 0.740 bits per heavy atom. The maximum absolute atomic E-state index is 15.5. The van der Waals surface area contributed by atoms with Crippen LogP contribution < -0.4 is 0 Å². The Balaban J connectivity index is 2.16. The Morgan fingerprint density at radius 1 is 0.400 bits per heavy atom. The lowest BCUT2D eigenvalue weighted by Gasteiger charge is -2.16. The lowest BCUT2D eigenvalue weighted by atomic mass is 9.82. The zero-order valence-corrected chi connectivity index (χ0v) is 24.3. The van der Waals surface area contributed by atoms with Crippen molar-refractivity contribution in [3.63, 3.8) is 0 Å². The number of halogens is 4. The lowest BCUT2D eigenvalue weighted by Crippen LogP contribution is -2.05. The van der Waals surface area contributed by atoms with Crippen molar-refractivity contribution in [2.75, 3.05) is 0 Å². The Morgan fingerprint density at radius 3 is 1.02 bits per heavy atom. The van der Waals surface area contributed by atoms with Gasteiger partial charge in [-0.1, -0.05) is 0 Å².